The van der Waals surface area contributed by atoms with Gasteiger partial charge in [0.15, 0.2) is 5.82 Å². The molecule has 0 amide bonds. The van der Waals surface area contributed by atoms with Crippen LogP contribution in [0.25, 0.3) is 11.4 Å². The van der Waals surface area contributed by atoms with E-state index in [0.717, 1.165) is 6.42 Å². The van der Waals surface area contributed by atoms with Crippen molar-refractivity contribution >= 4 is 5.69 Å². The van der Waals surface area contributed by atoms with Crippen LogP contribution in [0.5, 0.6) is 0 Å². The molecule has 1 fully saturated rings. The molecule has 1 aliphatic carbocycles. The second-order valence-electron chi connectivity index (χ2n) is 5.85. The maximum absolute atomic E-state index is 14.2. The van der Waals surface area contributed by atoms with Crippen LogP contribution in [0.2, 0.25) is 0 Å². The van der Waals surface area contributed by atoms with Crippen molar-refractivity contribution in [1.29, 1.82) is 0 Å². The Morgan fingerprint density at radius 1 is 1.42 bits per heavy atom. The summed E-state index contributed by atoms with van der Waals surface area (Å²) in [6, 6.07) is 3.41. The zero-order chi connectivity index (χ0) is 13.8. The van der Waals surface area contributed by atoms with Gasteiger partial charge in [-0.1, -0.05) is 13.8 Å². The van der Waals surface area contributed by atoms with Gasteiger partial charge >= 0.3 is 0 Å². The first-order valence-electron chi connectivity index (χ1n) is 6.24. The lowest BCUT2D eigenvalue weighted by atomic mass is 10.1. The van der Waals surface area contributed by atoms with Gasteiger partial charge in [0, 0.05) is 5.69 Å². The fourth-order valence-electron chi connectivity index (χ4n) is 2.40. The number of tetrazole rings is 1. The van der Waals surface area contributed by atoms with Crippen molar-refractivity contribution in [2.75, 3.05) is 5.73 Å². The van der Waals surface area contributed by atoms with Crippen LogP contribution in [-0.2, 0) is 0 Å². The minimum Gasteiger partial charge on any atom is -0.399 e. The topological polar surface area (TPSA) is 69.6 Å². The van der Waals surface area contributed by atoms with Crippen LogP contribution in [0.15, 0.2) is 12.1 Å². The molecule has 5 nitrogen and oxygen atoms in total. The molecule has 1 atom stereocenters. The molecule has 2 aromatic rings. The molecule has 0 radical (unpaired) electrons. The predicted molar refractivity (Wildman–Crippen MR) is 69.8 cm³/mol. The maximum Gasteiger partial charge on any atom is 0.185 e. The Hall–Kier alpha value is -1.98. The molecule has 0 aliphatic heterocycles. The number of nitrogens with two attached hydrogens (primary N) is 1. The van der Waals surface area contributed by atoms with E-state index in [-0.39, 0.29) is 17.3 Å². The first-order chi connectivity index (χ1) is 8.90. The number of aryl methyl sites for hydroxylation is 1. The summed E-state index contributed by atoms with van der Waals surface area (Å²) in [5.41, 5.74) is 7.33. The standard InChI is InChI=1S/C13H16FN5/c1-7-4-8(15)5-9(11(7)14)12-16-17-18-19(12)10-6-13(10,2)3/h4-5,10H,6,15H2,1-3H3. The smallest absolute Gasteiger partial charge is 0.185 e. The third-order valence-electron chi connectivity index (χ3n) is 3.77. The van der Waals surface area contributed by atoms with E-state index < -0.39 is 0 Å². The fraction of sp³-hybridized carbons (Fsp3) is 0.462. The number of nitrogens with zero attached hydrogens (tertiary/aromatic N) is 4. The monoisotopic (exact) mass is 261 g/mol. The second-order valence-corrected chi connectivity index (χ2v) is 5.85. The van der Waals surface area contributed by atoms with E-state index in [1.54, 1.807) is 23.7 Å². The summed E-state index contributed by atoms with van der Waals surface area (Å²) in [6.45, 7) is 5.97. The van der Waals surface area contributed by atoms with E-state index in [0.29, 0.717) is 22.6 Å². The van der Waals surface area contributed by atoms with Crippen molar-refractivity contribution in [1.82, 2.24) is 20.2 Å². The normalized spacial score (nSPS) is 20.5. The summed E-state index contributed by atoms with van der Waals surface area (Å²) in [5, 5.41) is 11.6. The SMILES string of the molecule is Cc1cc(N)cc(-c2nnnn2C2CC2(C)C)c1F. The first kappa shape index (κ1) is 12.1. The highest BCUT2D eigenvalue weighted by molar-refractivity contribution is 5.63. The van der Waals surface area contributed by atoms with Crippen LogP contribution in [0.3, 0.4) is 0 Å². The fourth-order valence-corrected chi connectivity index (χ4v) is 2.40. The second kappa shape index (κ2) is 3.76. The summed E-state index contributed by atoms with van der Waals surface area (Å²) in [6.07, 6.45) is 0.994. The van der Waals surface area contributed by atoms with Gasteiger partial charge in [-0.3, -0.25) is 0 Å². The van der Waals surface area contributed by atoms with E-state index in [4.69, 9.17) is 5.73 Å². The molecule has 2 N–H and O–H groups in total. The zero-order valence-corrected chi connectivity index (χ0v) is 11.2. The van der Waals surface area contributed by atoms with Gasteiger partial charge in [0.1, 0.15) is 5.82 Å². The van der Waals surface area contributed by atoms with Crippen LogP contribution in [-0.4, -0.2) is 20.2 Å². The summed E-state index contributed by atoms with van der Waals surface area (Å²) < 4.78 is 15.9. The van der Waals surface area contributed by atoms with Crippen LogP contribution in [0.4, 0.5) is 10.1 Å². The summed E-state index contributed by atoms with van der Waals surface area (Å²) in [5.74, 6) is 0.132. The highest BCUT2D eigenvalue weighted by Crippen LogP contribution is 2.55. The summed E-state index contributed by atoms with van der Waals surface area (Å²) >= 11 is 0. The van der Waals surface area contributed by atoms with Crippen molar-refractivity contribution in [2.45, 2.75) is 33.2 Å². The van der Waals surface area contributed by atoms with E-state index in [1.165, 1.54) is 0 Å². The van der Waals surface area contributed by atoms with Gasteiger partial charge < -0.3 is 5.73 Å². The Balaban J connectivity index is 2.12. The third-order valence-corrected chi connectivity index (χ3v) is 3.77. The zero-order valence-electron chi connectivity index (χ0n) is 11.2. The number of aromatic nitrogens is 4. The predicted octanol–water partition coefficient (Wildman–Crippen LogP) is 2.34. The van der Waals surface area contributed by atoms with Gasteiger partial charge in [0.05, 0.1) is 11.6 Å². The molecule has 6 heteroatoms. The molecular weight excluding hydrogens is 245 g/mol. The summed E-state index contributed by atoms with van der Waals surface area (Å²) in [7, 11) is 0. The number of benzene rings is 1. The molecule has 1 saturated carbocycles. The summed E-state index contributed by atoms with van der Waals surface area (Å²) in [4.78, 5) is 0. The highest BCUT2D eigenvalue weighted by atomic mass is 19.1. The van der Waals surface area contributed by atoms with Crippen molar-refractivity contribution in [3.05, 3.63) is 23.5 Å². The number of halogens is 1. The molecular formula is C13H16FN5. The quantitative estimate of drug-likeness (QED) is 0.842. The minimum absolute atomic E-state index is 0.163. The van der Waals surface area contributed by atoms with Crippen LogP contribution in [0, 0.1) is 18.2 Å². The average Bonchev–Trinajstić information content (AvgIpc) is 2.76. The molecule has 0 spiro atoms. The Bertz CT molecular complexity index is 646. The Kier molecular flexibility index (Phi) is 2.39. The average molecular weight is 261 g/mol. The molecule has 1 aromatic heterocycles. The lowest BCUT2D eigenvalue weighted by Gasteiger charge is -2.09. The molecule has 100 valence electrons. The largest absolute Gasteiger partial charge is 0.399 e. The molecule has 3 rings (SSSR count). The Labute approximate surface area is 110 Å². The highest BCUT2D eigenvalue weighted by Gasteiger charge is 2.49. The van der Waals surface area contributed by atoms with Gasteiger partial charge in [0.2, 0.25) is 0 Å². The number of hydrogen-bond donors (Lipinski definition) is 1. The molecule has 19 heavy (non-hydrogen) atoms. The van der Waals surface area contributed by atoms with Crippen LogP contribution >= 0.6 is 0 Å². The Morgan fingerprint density at radius 3 is 2.74 bits per heavy atom. The van der Waals surface area contributed by atoms with Crippen molar-refractivity contribution < 1.29 is 4.39 Å². The van der Waals surface area contributed by atoms with Gasteiger partial charge in [0.25, 0.3) is 0 Å². The van der Waals surface area contributed by atoms with E-state index in [1.807, 2.05) is 0 Å². The van der Waals surface area contributed by atoms with Gasteiger partial charge in [-0.2, -0.15) is 0 Å². The molecule has 1 unspecified atom stereocenters. The number of rotatable bonds is 2. The van der Waals surface area contributed by atoms with Gasteiger partial charge in [-0.15, -0.1) is 5.10 Å². The van der Waals surface area contributed by atoms with Crippen LogP contribution in [0.1, 0.15) is 31.9 Å². The molecule has 1 heterocycles. The van der Waals surface area contributed by atoms with Gasteiger partial charge in [-0.25, -0.2) is 9.07 Å². The van der Waals surface area contributed by atoms with E-state index >= 15 is 0 Å². The van der Waals surface area contributed by atoms with E-state index in [2.05, 4.69) is 29.4 Å². The van der Waals surface area contributed by atoms with Crippen molar-refractivity contribution in [2.24, 2.45) is 5.41 Å². The van der Waals surface area contributed by atoms with Crippen molar-refractivity contribution in [3.63, 3.8) is 0 Å². The number of nitrogen functional groups attached to an aromatic ring is 1. The molecule has 1 aliphatic rings. The van der Waals surface area contributed by atoms with Crippen LogP contribution < -0.4 is 5.73 Å². The van der Waals surface area contributed by atoms with Crippen molar-refractivity contribution in [3.8, 4) is 11.4 Å². The maximum atomic E-state index is 14.2. The van der Waals surface area contributed by atoms with E-state index in [9.17, 15) is 4.39 Å². The number of hydrogen-bond acceptors (Lipinski definition) is 4. The lowest BCUT2D eigenvalue weighted by Crippen LogP contribution is -2.06. The molecule has 1 aromatic carbocycles. The molecule has 0 bridgehead atoms. The lowest BCUT2D eigenvalue weighted by molar-refractivity contribution is 0.496. The van der Waals surface area contributed by atoms with Gasteiger partial charge in [-0.05, 0) is 46.9 Å². The first-order valence-corrected chi connectivity index (χ1v) is 6.24. The molecule has 0 saturated heterocycles. The number of anilines is 1. The minimum atomic E-state index is -0.316. The Morgan fingerprint density at radius 2 is 2.11 bits per heavy atom. The third kappa shape index (κ3) is 1.87.